The molecule has 1 heterocycles. The minimum absolute atomic E-state index is 0.00720. The summed E-state index contributed by atoms with van der Waals surface area (Å²) < 4.78 is 5.15. The van der Waals surface area contributed by atoms with Gasteiger partial charge in [0.2, 0.25) is 11.8 Å². The summed E-state index contributed by atoms with van der Waals surface area (Å²) in [4.78, 5) is 40.3. The average Bonchev–Trinajstić information content (AvgIpc) is 3.15. The highest BCUT2D eigenvalue weighted by molar-refractivity contribution is 6.00. The zero-order valence-electron chi connectivity index (χ0n) is 16.9. The minimum atomic E-state index is -0.280. The molecule has 2 aromatic carbocycles. The molecular formula is C22H25N3O4. The summed E-state index contributed by atoms with van der Waals surface area (Å²) in [6, 6.07) is 12.4. The molecule has 0 bridgehead atoms. The number of amides is 3. The van der Waals surface area contributed by atoms with Crippen LogP contribution in [0.2, 0.25) is 0 Å². The van der Waals surface area contributed by atoms with Crippen LogP contribution in [-0.4, -0.2) is 49.4 Å². The van der Waals surface area contributed by atoms with Crippen LogP contribution >= 0.6 is 0 Å². The third-order valence-corrected chi connectivity index (χ3v) is 4.96. The monoisotopic (exact) mass is 395 g/mol. The third kappa shape index (κ3) is 4.56. The van der Waals surface area contributed by atoms with Gasteiger partial charge in [0.1, 0.15) is 12.3 Å². The van der Waals surface area contributed by atoms with E-state index in [-0.39, 0.29) is 24.3 Å². The van der Waals surface area contributed by atoms with E-state index in [0.717, 1.165) is 17.7 Å². The fourth-order valence-electron chi connectivity index (χ4n) is 3.45. The molecule has 0 atom stereocenters. The lowest BCUT2D eigenvalue weighted by molar-refractivity contribution is -0.117. The summed E-state index contributed by atoms with van der Waals surface area (Å²) in [5.41, 5.74) is 2.96. The number of fused-ring (bicyclic) bond motifs is 1. The number of ether oxygens (including phenoxy) is 1. The van der Waals surface area contributed by atoms with Gasteiger partial charge in [-0.25, -0.2) is 0 Å². The van der Waals surface area contributed by atoms with E-state index in [2.05, 4.69) is 5.32 Å². The fourth-order valence-corrected chi connectivity index (χ4v) is 3.45. The standard InChI is InChI=1S/C22H25N3O4/c1-4-24(14-21(27)23-18-6-5-7-19(13-18)29-3)22(28)17-8-9-20-16(12-17)10-11-25(20)15(2)26/h5-9,12-13H,4,10-11,14H2,1-3H3,(H,23,27). The highest BCUT2D eigenvalue weighted by atomic mass is 16.5. The molecule has 0 saturated heterocycles. The number of carbonyl (C=O) groups excluding carboxylic acids is 3. The predicted molar refractivity (Wildman–Crippen MR) is 111 cm³/mol. The smallest absolute Gasteiger partial charge is 0.254 e. The Morgan fingerprint density at radius 3 is 2.66 bits per heavy atom. The third-order valence-electron chi connectivity index (χ3n) is 4.96. The molecule has 3 amide bonds. The molecule has 3 rings (SSSR count). The number of hydrogen-bond donors (Lipinski definition) is 1. The Morgan fingerprint density at radius 1 is 1.17 bits per heavy atom. The fraction of sp³-hybridized carbons (Fsp3) is 0.318. The minimum Gasteiger partial charge on any atom is -0.497 e. The van der Waals surface area contributed by atoms with Crippen molar-refractivity contribution in [3.05, 3.63) is 53.6 Å². The Bertz CT molecular complexity index is 941. The zero-order chi connectivity index (χ0) is 21.0. The highest BCUT2D eigenvalue weighted by Crippen LogP contribution is 2.29. The number of anilines is 2. The largest absolute Gasteiger partial charge is 0.497 e. The molecule has 29 heavy (non-hydrogen) atoms. The Morgan fingerprint density at radius 2 is 1.97 bits per heavy atom. The van der Waals surface area contributed by atoms with Gasteiger partial charge >= 0.3 is 0 Å². The summed E-state index contributed by atoms with van der Waals surface area (Å²) in [5, 5.41) is 2.79. The molecule has 0 spiro atoms. The molecule has 7 nitrogen and oxygen atoms in total. The van der Waals surface area contributed by atoms with Gasteiger partial charge < -0.3 is 19.9 Å². The van der Waals surface area contributed by atoms with Gasteiger partial charge in [0.15, 0.2) is 0 Å². The maximum atomic E-state index is 12.9. The van der Waals surface area contributed by atoms with Crippen LogP contribution in [0.25, 0.3) is 0 Å². The molecule has 2 aromatic rings. The van der Waals surface area contributed by atoms with Crippen LogP contribution in [0, 0.1) is 0 Å². The number of methoxy groups -OCH3 is 1. The zero-order valence-corrected chi connectivity index (χ0v) is 16.9. The Labute approximate surface area is 170 Å². The van der Waals surface area contributed by atoms with Crippen molar-refractivity contribution in [2.45, 2.75) is 20.3 Å². The van der Waals surface area contributed by atoms with E-state index < -0.39 is 0 Å². The summed E-state index contributed by atoms with van der Waals surface area (Å²) >= 11 is 0. The van der Waals surface area contributed by atoms with Gasteiger partial charge in [0, 0.05) is 43.0 Å². The normalized spacial score (nSPS) is 12.3. The molecule has 0 saturated carbocycles. The van der Waals surface area contributed by atoms with Crippen molar-refractivity contribution in [3.63, 3.8) is 0 Å². The number of rotatable bonds is 6. The van der Waals surface area contributed by atoms with Gasteiger partial charge in [-0.3, -0.25) is 14.4 Å². The second kappa shape index (κ2) is 8.77. The van der Waals surface area contributed by atoms with Crippen molar-refractivity contribution in [1.82, 2.24) is 4.90 Å². The van der Waals surface area contributed by atoms with Crippen LogP contribution in [0.5, 0.6) is 5.75 Å². The van der Waals surface area contributed by atoms with Crippen molar-refractivity contribution in [3.8, 4) is 5.75 Å². The number of hydrogen-bond acceptors (Lipinski definition) is 4. The number of likely N-dealkylation sites (N-methyl/N-ethyl adjacent to an activating group) is 1. The van der Waals surface area contributed by atoms with Crippen molar-refractivity contribution < 1.29 is 19.1 Å². The maximum absolute atomic E-state index is 12.9. The molecule has 1 N–H and O–H groups in total. The topological polar surface area (TPSA) is 79.0 Å². The van der Waals surface area contributed by atoms with E-state index in [4.69, 9.17) is 4.74 Å². The molecule has 0 unspecified atom stereocenters. The van der Waals surface area contributed by atoms with E-state index >= 15 is 0 Å². The SMILES string of the molecule is CCN(CC(=O)Nc1cccc(OC)c1)C(=O)c1ccc2c(c1)CCN2C(C)=O. The van der Waals surface area contributed by atoms with E-state index in [1.807, 2.05) is 13.0 Å². The molecule has 0 fully saturated rings. The second-order valence-corrected chi connectivity index (χ2v) is 6.86. The molecule has 152 valence electrons. The Balaban J connectivity index is 1.69. The van der Waals surface area contributed by atoms with E-state index in [1.54, 1.807) is 48.4 Å². The first-order valence-corrected chi connectivity index (χ1v) is 9.57. The number of carbonyl (C=O) groups is 3. The molecule has 1 aliphatic rings. The van der Waals surface area contributed by atoms with Crippen LogP contribution in [0.1, 0.15) is 29.8 Å². The first kappa shape index (κ1) is 20.4. The van der Waals surface area contributed by atoms with Gasteiger partial charge in [0.25, 0.3) is 5.91 Å². The quantitative estimate of drug-likeness (QED) is 0.816. The molecule has 1 aliphatic heterocycles. The summed E-state index contributed by atoms with van der Waals surface area (Å²) in [7, 11) is 1.56. The second-order valence-electron chi connectivity index (χ2n) is 6.86. The van der Waals surface area contributed by atoms with Crippen molar-refractivity contribution >= 4 is 29.1 Å². The van der Waals surface area contributed by atoms with Crippen molar-refractivity contribution in [2.24, 2.45) is 0 Å². The van der Waals surface area contributed by atoms with Crippen LogP contribution in [0.3, 0.4) is 0 Å². The predicted octanol–water partition coefficient (Wildman–Crippen LogP) is 2.71. The van der Waals surface area contributed by atoms with Gasteiger partial charge in [-0.05, 0) is 49.2 Å². The number of nitrogens with one attached hydrogen (secondary N) is 1. The molecule has 0 aliphatic carbocycles. The summed E-state index contributed by atoms with van der Waals surface area (Å²) in [5.74, 6) is 0.144. The number of benzene rings is 2. The highest BCUT2D eigenvalue weighted by Gasteiger charge is 2.24. The maximum Gasteiger partial charge on any atom is 0.254 e. The van der Waals surface area contributed by atoms with Crippen LogP contribution in [-0.2, 0) is 16.0 Å². The van der Waals surface area contributed by atoms with Crippen molar-refractivity contribution in [1.29, 1.82) is 0 Å². The van der Waals surface area contributed by atoms with E-state index in [9.17, 15) is 14.4 Å². The van der Waals surface area contributed by atoms with Gasteiger partial charge in [-0.1, -0.05) is 6.07 Å². The van der Waals surface area contributed by atoms with Gasteiger partial charge in [0.05, 0.1) is 7.11 Å². The van der Waals surface area contributed by atoms with Crippen LogP contribution in [0.15, 0.2) is 42.5 Å². The molecule has 0 aromatic heterocycles. The average molecular weight is 395 g/mol. The van der Waals surface area contributed by atoms with Crippen molar-refractivity contribution in [2.75, 3.05) is 37.0 Å². The summed E-state index contributed by atoms with van der Waals surface area (Å²) in [6.45, 7) is 4.35. The lowest BCUT2D eigenvalue weighted by atomic mass is 10.1. The van der Waals surface area contributed by atoms with E-state index in [0.29, 0.717) is 30.1 Å². The molecular weight excluding hydrogens is 370 g/mol. The lowest BCUT2D eigenvalue weighted by Crippen LogP contribution is -2.37. The Hall–Kier alpha value is -3.35. The Kier molecular flexibility index (Phi) is 6.16. The lowest BCUT2D eigenvalue weighted by Gasteiger charge is -2.21. The summed E-state index contributed by atoms with van der Waals surface area (Å²) in [6.07, 6.45) is 0.721. The first-order chi connectivity index (χ1) is 13.9. The molecule has 0 radical (unpaired) electrons. The van der Waals surface area contributed by atoms with E-state index in [1.165, 1.54) is 11.8 Å². The first-order valence-electron chi connectivity index (χ1n) is 9.57. The van der Waals surface area contributed by atoms with Gasteiger partial charge in [-0.15, -0.1) is 0 Å². The van der Waals surface area contributed by atoms with Crippen LogP contribution in [0.4, 0.5) is 11.4 Å². The number of nitrogens with zero attached hydrogens (tertiary/aromatic N) is 2. The van der Waals surface area contributed by atoms with Crippen LogP contribution < -0.4 is 15.0 Å². The van der Waals surface area contributed by atoms with Gasteiger partial charge in [-0.2, -0.15) is 0 Å². The molecule has 7 heteroatoms.